The van der Waals surface area contributed by atoms with Gasteiger partial charge in [-0.15, -0.1) is 0 Å². The number of nitrogens with zero attached hydrogens (tertiary/aromatic N) is 4. The SMILES string of the molecule is C=Cc1ncc(C)c(CCNC(=O)CN2CCNCC2)c1NC(=O)N(CC1CCOCC1)c1cc(C)ccn1. The van der Waals surface area contributed by atoms with Gasteiger partial charge in [-0.1, -0.05) is 6.58 Å². The molecular formula is C29H41N7O3. The zero-order valence-electron chi connectivity index (χ0n) is 23.2. The van der Waals surface area contributed by atoms with Gasteiger partial charge >= 0.3 is 6.03 Å². The third-order valence-electron chi connectivity index (χ3n) is 7.33. The zero-order chi connectivity index (χ0) is 27.6. The van der Waals surface area contributed by atoms with Gasteiger partial charge < -0.3 is 20.7 Å². The lowest BCUT2D eigenvalue weighted by Gasteiger charge is -2.30. The molecule has 3 N–H and O–H groups in total. The molecule has 0 aliphatic carbocycles. The number of rotatable bonds is 10. The summed E-state index contributed by atoms with van der Waals surface area (Å²) in [5, 5.41) is 9.48. The summed E-state index contributed by atoms with van der Waals surface area (Å²) < 4.78 is 5.53. The number of amides is 3. The summed E-state index contributed by atoms with van der Waals surface area (Å²) in [4.78, 5) is 39.3. The lowest BCUT2D eigenvalue weighted by molar-refractivity contribution is -0.122. The van der Waals surface area contributed by atoms with Crippen LogP contribution in [0.3, 0.4) is 0 Å². The molecule has 2 aliphatic heterocycles. The third-order valence-corrected chi connectivity index (χ3v) is 7.33. The van der Waals surface area contributed by atoms with Crippen molar-refractivity contribution in [2.24, 2.45) is 5.92 Å². The van der Waals surface area contributed by atoms with E-state index in [1.54, 1.807) is 23.4 Å². The smallest absolute Gasteiger partial charge is 0.327 e. The monoisotopic (exact) mass is 535 g/mol. The molecule has 39 heavy (non-hydrogen) atoms. The highest BCUT2D eigenvalue weighted by Gasteiger charge is 2.25. The number of urea groups is 1. The van der Waals surface area contributed by atoms with Gasteiger partial charge in [0, 0.05) is 64.9 Å². The van der Waals surface area contributed by atoms with Gasteiger partial charge in [-0.2, -0.15) is 0 Å². The number of aryl methyl sites for hydroxylation is 2. The maximum Gasteiger partial charge on any atom is 0.327 e. The van der Waals surface area contributed by atoms with Crippen LogP contribution in [0, 0.1) is 19.8 Å². The van der Waals surface area contributed by atoms with Crippen LogP contribution in [0.4, 0.5) is 16.3 Å². The summed E-state index contributed by atoms with van der Waals surface area (Å²) >= 11 is 0. The maximum absolute atomic E-state index is 13.8. The average Bonchev–Trinajstić information content (AvgIpc) is 2.94. The van der Waals surface area contributed by atoms with Gasteiger partial charge in [0.1, 0.15) is 5.82 Å². The number of pyridine rings is 2. The molecule has 2 aliphatic rings. The van der Waals surface area contributed by atoms with Gasteiger partial charge in [0.2, 0.25) is 5.91 Å². The molecule has 3 amide bonds. The van der Waals surface area contributed by atoms with Crippen molar-refractivity contribution in [3.05, 3.63) is 53.5 Å². The van der Waals surface area contributed by atoms with Crippen LogP contribution in [0.5, 0.6) is 0 Å². The Morgan fingerprint density at radius 1 is 1.23 bits per heavy atom. The molecule has 0 bridgehead atoms. The number of aromatic nitrogens is 2. The molecular weight excluding hydrogens is 494 g/mol. The van der Waals surface area contributed by atoms with E-state index in [0.717, 1.165) is 55.7 Å². The van der Waals surface area contributed by atoms with Crippen LogP contribution in [0.1, 0.15) is 35.2 Å². The first kappa shape index (κ1) is 28.7. The summed E-state index contributed by atoms with van der Waals surface area (Å²) in [7, 11) is 0. The molecule has 2 fully saturated rings. The topological polar surface area (TPSA) is 112 Å². The van der Waals surface area contributed by atoms with Crippen LogP contribution >= 0.6 is 0 Å². The Labute approximate surface area is 231 Å². The Bertz CT molecular complexity index is 1140. The molecule has 4 heterocycles. The Morgan fingerprint density at radius 2 is 2.00 bits per heavy atom. The number of hydrogen-bond acceptors (Lipinski definition) is 7. The number of piperazine rings is 1. The van der Waals surface area contributed by atoms with E-state index in [2.05, 4.69) is 37.4 Å². The van der Waals surface area contributed by atoms with Gasteiger partial charge in [-0.3, -0.25) is 19.6 Å². The number of carbonyl (C=O) groups is 2. The molecule has 4 rings (SSSR count). The normalized spacial score (nSPS) is 16.5. The largest absolute Gasteiger partial charge is 0.381 e. The van der Waals surface area contributed by atoms with Crippen molar-refractivity contribution < 1.29 is 14.3 Å². The fourth-order valence-electron chi connectivity index (χ4n) is 5.04. The highest BCUT2D eigenvalue weighted by Crippen LogP contribution is 2.27. The van der Waals surface area contributed by atoms with Crippen molar-refractivity contribution in [1.29, 1.82) is 0 Å². The van der Waals surface area contributed by atoms with E-state index in [0.29, 0.717) is 62.4 Å². The highest BCUT2D eigenvalue weighted by atomic mass is 16.5. The van der Waals surface area contributed by atoms with E-state index in [-0.39, 0.29) is 11.9 Å². The first-order valence-corrected chi connectivity index (χ1v) is 13.8. The third kappa shape index (κ3) is 8.08. The van der Waals surface area contributed by atoms with Crippen LogP contribution in [-0.2, 0) is 16.0 Å². The molecule has 0 unspecified atom stereocenters. The molecule has 2 aromatic heterocycles. The van der Waals surface area contributed by atoms with Crippen LogP contribution in [0.2, 0.25) is 0 Å². The molecule has 10 heteroatoms. The number of carbonyl (C=O) groups excluding carboxylic acids is 2. The summed E-state index contributed by atoms with van der Waals surface area (Å²) in [5.41, 5.74) is 4.12. The fraction of sp³-hybridized carbons (Fsp3) is 0.517. The first-order valence-electron chi connectivity index (χ1n) is 13.8. The van der Waals surface area contributed by atoms with E-state index < -0.39 is 0 Å². The Kier molecular flexibility index (Phi) is 10.4. The highest BCUT2D eigenvalue weighted by molar-refractivity contribution is 6.02. The summed E-state index contributed by atoms with van der Waals surface area (Å²) in [5.74, 6) is 0.944. The van der Waals surface area contributed by atoms with E-state index in [1.165, 1.54) is 0 Å². The molecule has 10 nitrogen and oxygen atoms in total. The second-order valence-electron chi connectivity index (χ2n) is 10.3. The minimum atomic E-state index is -0.265. The second kappa shape index (κ2) is 14.2. The van der Waals surface area contributed by atoms with Gasteiger partial charge in [0.25, 0.3) is 0 Å². The van der Waals surface area contributed by atoms with Crippen molar-refractivity contribution >= 4 is 29.5 Å². The lowest BCUT2D eigenvalue weighted by Crippen LogP contribution is -2.47. The quantitative estimate of drug-likeness (QED) is 0.429. The van der Waals surface area contributed by atoms with Crippen molar-refractivity contribution in [3.8, 4) is 0 Å². The summed E-state index contributed by atoms with van der Waals surface area (Å²) in [6, 6.07) is 3.58. The minimum absolute atomic E-state index is 0.00583. The summed E-state index contributed by atoms with van der Waals surface area (Å²) in [6.45, 7) is 14.2. The Balaban J connectivity index is 1.49. The zero-order valence-corrected chi connectivity index (χ0v) is 23.2. The predicted molar refractivity (Wildman–Crippen MR) is 154 cm³/mol. The molecule has 0 saturated carbocycles. The van der Waals surface area contributed by atoms with Crippen molar-refractivity contribution in [2.75, 3.05) is 69.2 Å². The van der Waals surface area contributed by atoms with Crippen molar-refractivity contribution in [1.82, 2.24) is 25.5 Å². The molecule has 210 valence electrons. The molecule has 2 saturated heterocycles. The van der Waals surface area contributed by atoms with Crippen molar-refractivity contribution in [3.63, 3.8) is 0 Å². The van der Waals surface area contributed by atoms with Gasteiger partial charge in [-0.05, 0) is 73.9 Å². The number of nitrogens with one attached hydrogen (secondary N) is 3. The van der Waals surface area contributed by atoms with Gasteiger partial charge in [0.15, 0.2) is 0 Å². The van der Waals surface area contributed by atoms with Crippen LogP contribution in [0.15, 0.2) is 31.1 Å². The van der Waals surface area contributed by atoms with E-state index in [4.69, 9.17) is 4.74 Å². The second-order valence-corrected chi connectivity index (χ2v) is 10.3. The molecule has 0 aromatic carbocycles. The van der Waals surface area contributed by atoms with Gasteiger partial charge in [0.05, 0.1) is 17.9 Å². The Hall–Kier alpha value is -3.34. The number of hydrogen-bond donors (Lipinski definition) is 3. The van der Waals surface area contributed by atoms with Crippen LogP contribution in [0.25, 0.3) is 6.08 Å². The van der Waals surface area contributed by atoms with Crippen LogP contribution < -0.4 is 20.9 Å². The molecule has 0 radical (unpaired) electrons. The van der Waals surface area contributed by atoms with Crippen molar-refractivity contribution in [2.45, 2.75) is 33.1 Å². The lowest BCUT2D eigenvalue weighted by atomic mass is 9.99. The number of anilines is 2. The van der Waals surface area contributed by atoms with E-state index in [9.17, 15) is 9.59 Å². The fourth-order valence-corrected chi connectivity index (χ4v) is 5.04. The molecule has 0 spiro atoms. The predicted octanol–water partition coefficient (Wildman–Crippen LogP) is 2.77. The van der Waals surface area contributed by atoms with E-state index in [1.807, 2.05) is 26.0 Å². The van der Waals surface area contributed by atoms with Crippen LogP contribution in [-0.4, -0.2) is 85.8 Å². The molecule has 2 aromatic rings. The standard InChI is InChI=1S/C29H41N7O3/c1-4-25-28(24(22(3)18-33-25)6-10-32-27(37)20-35-13-11-30-12-14-35)34-29(38)36(19-23-7-15-39-16-8-23)26-17-21(2)5-9-31-26/h4-5,9,17-18,23,30H,1,6-8,10-16,19-20H2,2-3H3,(H,32,37)(H,34,38). The first-order chi connectivity index (χ1) is 18.9. The Morgan fingerprint density at radius 3 is 2.72 bits per heavy atom. The number of ether oxygens (including phenoxy) is 1. The maximum atomic E-state index is 13.8. The average molecular weight is 536 g/mol. The summed E-state index contributed by atoms with van der Waals surface area (Å²) in [6.07, 6.45) is 7.52. The van der Waals surface area contributed by atoms with E-state index >= 15 is 0 Å². The minimum Gasteiger partial charge on any atom is -0.381 e. The van der Waals surface area contributed by atoms with Gasteiger partial charge in [-0.25, -0.2) is 9.78 Å². The molecule has 0 atom stereocenters.